The van der Waals surface area contributed by atoms with Crippen molar-refractivity contribution < 1.29 is 14.3 Å². The third-order valence-electron chi connectivity index (χ3n) is 3.38. The van der Waals surface area contributed by atoms with Crippen LogP contribution in [0.25, 0.3) is 0 Å². The summed E-state index contributed by atoms with van der Waals surface area (Å²) in [5.41, 5.74) is 4.16. The standard InChI is InChI=1S/C17H15BrN2O3/c1-11(12-5-4-6-13(18)9-12)19-20-17(21)16-10-22-14-7-2-3-8-15(14)23-16/h2-9,16H,10H2,1H3,(H,20,21)/b19-11-/t16-/m0/s1. The summed E-state index contributed by atoms with van der Waals surface area (Å²) in [5, 5.41) is 4.13. The molecule has 0 aliphatic carbocycles. The van der Waals surface area contributed by atoms with Gasteiger partial charge >= 0.3 is 0 Å². The second-order valence-corrected chi connectivity index (χ2v) is 5.96. The quantitative estimate of drug-likeness (QED) is 0.663. The van der Waals surface area contributed by atoms with Crippen LogP contribution in [0.5, 0.6) is 11.5 Å². The summed E-state index contributed by atoms with van der Waals surface area (Å²) in [5.74, 6) is 0.866. The average molecular weight is 375 g/mol. The number of nitrogens with zero attached hydrogens (tertiary/aromatic N) is 1. The van der Waals surface area contributed by atoms with Gasteiger partial charge in [-0.15, -0.1) is 0 Å². The first-order valence-electron chi connectivity index (χ1n) is 7.12. The van der Waals surface area contributed by atoms with Gasteiger partial charge in [0.2, 0.25) is 6.10 Å². The molecule has 1 atom stereocenters. The van der Waals surface area contributed by atoms with Crippen LogP contribution in [0, 0.1) is 0 Å². The minimum Gasteiger partial charge on any atom is -0.485 e. The molecule has 1 heterocycles. The maximum atomic E-state index is 12.2. The lowest BCUT2D eigenvalue weighted by molar-refractivity contribution is -0.130. The predicted molar refractivity (Wildman–Crippen MR) is 90.8 cm³/mol. The Morgan fingerprint density at radius 3 is 2.78 bits per heavy atom. The smallest absolute Gasteiger partial charge is 0.284 e. The van der Waals surface area contributed by atoms with Crippen molar-refractivity contribution >= 4 is 27.5 Å². The highest BCUT2D eigenvalue weighted by Crippen LogP contribution is 2.30. The molecular formula is C17H15BrN2O3. The number of nitrogens with one attached hydrogen (secondary N) is 1. The molecule has 0 spiro atoms. The summed E-state index contributed by atoms with van der Waals surface area (Å²) < 4.78 is 12.1. The van der Waals surface area contributed by atoms with Crippen LogP contribution in [0.15, 0.2) is 58.1 Å². The number of hydrazone groups is 1. The molecule has 0 aromatic heterocycles. The van der Waals surface area contributed by atoms with Crippen LogP contribution in [0.3, 0.4) is 0 Å². The van der Waals surface area contributed by atoms with Gasteiger partial charge in [0, 0.05) is 4.47 Å². The van der Waals surface area contributed by atoms with Gasteiger partial charge < -0.3 is 9.47 Å². The lowest BCUT2D eigenvalue weighted by atomic mass is 10.1. The molecule has 5 nitrogen and oxygen atoms in total. The van der Waals surface area contributed by atoms with E-state index in [0.717, 1.165) is 10.0 Å². The number of rotatable bonds is 3. The Morgan fingerprint density at radius 1 is 1.22 bits per heavy atom. The Morgan fingerprint density at radius 2 is 2.00 bits per heavy atom. The van der Waals surface area contributed by atoms with Gasteiger partial charge in [-0.25, -0.2) is 5.43 Å². The molecule has 2 aromatic carbocycles. The van der Waals surface area contributed by atoms with Crippen LogP contribution in [0.2, 0.25) is 0 Å². The number of para-hydroxylation sites is 2. The molecule has 1 amide bonds. The second kappa shape index (κ2) is 6.83. The lowest BCUT2D eigenvalue weighted by Gasteiger charge is -2.24. The van der Waals surface area contributed by atoms with Gasteiger partial charge in [-0.1, -0.05) is 40.2 Å². The number of hydrogen-bond donors (Lipinski definition) is 1. The van der Waals surface area contributed by atoms with Gasteiger partial charge in [0.25, 0.3) is 5.91 Å². The summed E-state index contributed by atoms with van der Waals surface area (Å²) in [6, 6.07) is 15.0. The zero-order chi connectivity index (χ0) is 16.2. The fraction of sp³-hybridized carbons (Fsp3) is 0.176. The Kier molecular flexibility index (Phi) is 4.62. The van der Waals surface area contributed by atoms with Gasteiger partial charge in [0.1, 0.15) is 6.61 Å². The Balaban J connectivity index is 1.65. The van der Waals surface area contributed by atoms with Crippen molar-refractivity contribution in [3.05, 3.63) is 58.6 Å². The second-order valence-electron chi connectivity index (χ2n) is 5.05. The van der Waals surface area contributed by atoms with Crippen LogP contribution in [-0.4, -0.2) is 24.3 Å². The Bertz CT molecular complexity index is 761. The largest absolute Gasteiger partial charge is 0.485 e. The normalized spacial score (nSPS) is 16.8. The van der Waals surface area contributed by atoms with Crippen LogP contribution < -0.4 is 14.9 Å². The number of carbonyl (C=O) groups excluding carboxylic acids is 1. The maximum Gasteiger partial charge on any atom is 0.284 e. The highest BCUT2D eigenvalue weighted by atomic mass is 79.9. The van der Waals surface area contributed by atoms with E-state index in [0.29, 0.717) is 17.2 Å². The minimum atomic E-state index is -0.719. The van der Waals surface area contributed by atoms with Crippen molar-refractivity contribution in [2.75, 3.05) is 6.61 Å². The summed E-state index contributed by atoms with van der Waals surface area (Å²) in [6.45, 7) is 1.99. The van der Waals surface area contributed by atoms with Crippen LogP contribution >= 0.6 is 15.9 Å². The summed E-state index contributed by atoms with van der Waals surface area (Å²) >= 11 is 3.41. The van der Waals surface area contributed by atoms with Crippen LogP contribution in [0.4, 0.5) is 0 Å². The van der Waals surface area contributed by atoms with Crippen molar-refractivity contribution in [1.29, 1.82) is 0 Å². The van der Waals surface area contributed by atoms with E-state index in [-0.39, 0.29) is 12.5 Å². The van der Waals surface area contributed by atoms with Gasteiger partial charge in [-0.3, -0.25) is 4.79 Å². The molecule has 1 N–H and O–H groups in total. The van der Waals surface area contributed by atoms with Gasteiger partial charge in [-0.2, -0.15) is 5.10 Å². The van der Waals surface area contributed by atoms with E-state index in [4.69, 9.17) is 9.47 Å². The first kappa shape index (κ1) is 15.6. The predicted octanol–water partition coefficient (Wildman–Crippen LogP) is 3.13. The number of benzene rings is 2. The van der Waals surface area contributed by atoms with E-state index in [9.17, 15) is 4.79 Å². The fourth-order valence-electron chi connectivity index (χ4n) is 2.14. The topological polar surface area (TPSA) is 59.9 Å². The number of hydrogen-bond acceptors (Lipinski definition) is 4. The van der Waals surface area contributed by atoms with Crippen LogP contribution in [0.1, 0.15) is 12.5 Å². The molecule has 23 heavy (non-hydrogen) atoms. The van der Waals surface area contributed by atoms with Gasteiger partial charge in [-0.05, 0) is 36.8 Å². The fourth-order valence-corrected chi connectivity index (χ4v) is 2.54. The molecule has 1 aliphatic rings. The van der Waals surface area contributed by atoms with E-state index >= 15 is 0 Å². The average Bonchev–Trinajstić information content (AvgIpc) is 2.59. The zero-order valence-corrected chi connectivity index (χ0v) is 14.0. The van der Waals surface area contributed by atoms with Crippen LogP contribution in [-0.2, 0) is 4.79 Å². The van der Waals surface area contributed by atoms with Crippen molar-refractivity contribution in [3.8, 4) is 11.5 Å². The molecular weight excluding hydrogens is 360 g/mol. The zero-order valence-electron chi connectivity index (χ0n) is 12.5. The first-order valence-corrected chi connectivity index (χ1v) is 7.91. The molecule has 6 heteroatoms. The Labute approximate surface area is 142 Å². The molecule has 0 saturated carbocycles. The molecule has 118 valence electrons. The maximum absolute atomic E-state index is 12.2. The molecule has 2 aromatic rings. The van der Waals surface area contributed by atoms with E-state index in [1.807, 2.05) is 43.3 Å². The molecule has 0 saturated heterocycles. The molecule has 0 bridgehead atoms. The molecule has 0 unspecified atom stereocenters. The minimum absolute atomic E-state index is 0.161. The highest BCUT2D eigenvalue weighted by Gasteiger charge is 2.27. The number of ether oxygens (including phenoxy) is 2. The van der Waals surface area contributed by atoms with Crippen molar-refractivity contribution in [1.82, 2.24) is 5.43 Å². The molecule has 3 rings (SSSR count). The lowest BCUT2D eigenvalue weighted by Crippen LogP contribution is -2.42. The van der Waals surface area contributed by atoms with E-state index in [2.05, 4.69) is 26.5 Å². The summed E-state index contributed by atoms with van der Waals surface area (Å²) in [6.07, 6.45) is -0.719. The third kappa shape index (κ3) is 3.71. The monoisotopic (exact) mass is 374 g/mol. The highest BCUT2D eigenvalue weighted by molar-refractivity contribution is 9.10. The van der Waals surface area contributed by atoms with Crippen molar-refractivity contribution in [2.24, 2.45) is 5.10 Å². The third-order valence-corrected chi connectivity index (χ3v) is 3.87. The number of carbonyl (C=O) groups is 1. The molecule has 1 aliphatic heterocycles. The van der Waals surface area contributed by atoms with E-state index in [1.54, 1.807) is 12.1 Å². The van der Waals surface area contributed by atoms with E-state index in [1.165, 1.54) is 0 Å². The van der Waals surface area contributed by atoms with Gasteiger partial charge in [0.15, 0.2) is 11.5 Å². The molecule has 0 radical (unpaired) electrons. The first-order chi connectivity index (χ1) is 11.1. The number of amides is 1. The molecule has 0 fully saturated rings. The number of fused-ring (bicyclic) bond motifs is 1. The number of halogens is 1. The summed E-state index contributed by atoms with van der Waals surface area (Å²) in [4.78, 5) is 12.2. The van der Waals surface area contributed by atoms with Crippen molar-refractivity contribution in [2.45, 2.75) is 13.0 Å². The SMILES string of the molecule is C/C(=N/NC(=O)[C@@H]1COc2ccccc2O1)c1cccc(Br)c1. The van der Waals surface area contributed by atoms with E-state index < -0.39 is 6.10 Å². The van der Waals surface area contributed by atoms with Gasteiger partial charge in [0.05, 0.1) is 5.71 Å². The summed E-state index contributed by atoms with van der Waals surface area (Å²) in [7, 11) is 0. The van der Waals surface area contributed by atoms with Crippen molar-refractivity contribution in [3.63, 3.8) is 0 Å². The Hall–Kier alpha value is -2.34.